The van der Waals surface area contributed by atoms with Crippen molar-refractivity contribution in [3.63, 3.8) is 0 Å². The molecular weight excluding hydrogens is 102 g/mol. The van der Waals surface area contributed by atoms with E-state index in [0.717, 1.165) is 19.3 Å². The summed E-state index contributed by atoms with van der Waals surface area (Å²) in [7, 11) is 1.81. The number of piperidine rings is 1. The van der Waals surface area contributed by atoms with Gasteiger partial charge in [-0.15, -0.1) is 0 Å². The number of rotatable bonds is 0. The molecule has 1 heterocycles. The molecule has 0 N–H and O–H groups in total. The van der Waals surface area contributed by atoms with Gasteiger partial charge in [0, 0.05) is 13.5 Å². The topological polar surface area (TPSA) is 20.3 Å². The SMILES string of the molecule is CN1[CH]CCCC1=O. The lowest BCUT2D eigenvalue weighted by Crippen LogP contribution is -2.27. The van der Waals surface area contributed by atoms with Crippen molar-refractivity contribution in [3.8, 4) is 0 Å². The van der Waals surface area contributed by atoms with E-state index in [1.807, 2.05) is 13.6 Å². The van der Waals surface area contributed by atoms with Crippen LogP contribution in [0.5, 0.6) is 0 Å². The summed E-state index contributed by atoms with van der Waals surface area (Å²) in [5.74, 6) is 0.247. The summed E-state index contributed by atoms with van der Waals surface area (Å²) in [5.41, 5.74) is 0. The van der Waals surface area contributed by atoms with Gasteiger partial charge in [0.25, 0.3) is 0 Å². The van der Waals surface area contributed by atoms with Gasteiger partial charge < -0.3 is 4.90 Å². The van der Waals surface area contributed by atoms with E-state index in [4.69, 9.17) is 0 Å². The van der Waals surface area contributed by atoms with Crippen LogP contribution in [0.1, 0.15) is 19.3 Å². The minimum atomic E-state index is 0.247. The van der Waals surface area contributed by atoms with E-state index < -0.39 is 0 Å². The molecule has 0 aromatic rings. The maximum Gasteiger partial charge on any atom is 0.222 e. The lowest BCUT2D eigenvalue weighted by Gasteiger charge is -2.20. The van der Waals surface area contributed by atoms with Crippen LogP contribution in [0, 0.1) is 6.54 Å². The van der Waals surface area contributed by atoms with Gasteiger partial charge in [0.05, 0.1) is 6.54 Å². The number of nitrogens with zero attached hydrogens (tertiary/aromatic N) is 1. The molecule has 0 atom stereocenters. The summed E-state index contributed by atoms with van der Waals surface area (Å²) < 4.78 is 0. The Morgan fingerprint density at radius 1 is 1.75 bits per heavy atom. The summed E-state index contributed by atoms with van der Waals surface area (Å²) in [5, 5.41) is 0. The fourth-order valence-corrected chi connectivity index (χ4v) is 0.816. The van der Waals surface area contributed by atoms with E-state index >= 15 is 0 Å². The summed E-state index contributed by atoms with van der Waals surface area (Å²) in [4.78, 5) is 12.4. The van der Waals surface area contributed by atoms with Gasteiger partial charge in [-0.05, 0) is 12.8 Å². The first kappa shape index (κ1) is 5.60. The molecule has 1 aliphatic rings. The van der Waals surface area contributed by atoms with Gasteiger partial charge in [0.15, 0.2) is 0 Å². The molecule has 0 aliphatic carbocycles. The van der Waals surface area contributed by atoms with Crippen molar-refractivity contribution < 1.29 is 4.79 Å². The summed E-state index contributed by atoms with van der Waals surface area (Å²) >= 11 is 0. The van der Waals surface area contributed by atoms with Gasteiger partial charge in [-0.25, -0.2) is 0 Å². The van der Waals surface area contributed by atoms with E-state index in [9.17, 15) is 4.79 Å². The first-order chi connectivity index (χ1) is 3.80. The van der Waals surface area contributed by atoms with Crippen LogP contribution in [0.25, 0.3) is 0 Å². The quantitative estimate of drug-likeness (QED) is 0.453. The van der Waals surface area contributed by atoms with Crippen LogP contribution >= 0.6 is 0 Å². The van der Waals surface area contributed by atoms with Crippen LogP contribution in [0.3, 0.4) is 0 Å². The molecule has 45 valence electrons. The molecule has 0 aromatic heterocycles. The Morgan fingerprint density at radius 2 is 2.50 bits per heavy atom. The first-order valence-electron chi connectivity index (χ1n) is 2.89. The molecule has 1 amide bonds. The van der Waals surface area contributed by atoms with E-state index in [-0.39, 0.29) is 5.91 Å². The zero-order chi connectivity index (χ0) is 5.98. The Kier molecular flexibility index (Phi) is 1.51. The van der Waals surface area contributed by atoms with Crippen LogP contribution in [0.15, 0.2) is 0 Å². The minimum absolute atomic E-state index is 0.247. The molecule has 0 spiro atoms. The molecule has 1 fully saturated rings. The zero-order valence-corrected chi connectivity index (χ0v) is 5.05. The second kappa shape index (κ2) is 2.16. The number of likely N-dealkylation sites (tertiary alicyclic amines) is 1. The highest BCUT2D eigenvalue weighted by Crippen LogP contribution is 2.10. The molecular formula is C6H10NO. The van der Waals surface area contributed by atoms with E-state index in [1.165, 1.54) is 0 Å². The molecule has 2 heteroatoms. The van der Waals surface area contributed by atoms with Gasteiger partial charge in [-0.2, -0.15) is 0 Å². The maximum atomic E-state index is 10.7. The van der Waals surface area contributed by atoms with Crippen molar-refractivity contribution in [3.05, 3.63) is 6.54 Å². The molecule has 1 aliphatic heterocycles. The predicted octanol–water partition coefficient (Wildman–Crippen LogP) is 0.790. The molecule has 0 aromatic carbocycles. The van der Waals surface area contributed by atoms with Gasteiger partial charge in [-0.3, -0.25) is 4.79 Å². The molecule has 0 unspecified atom stereocenters. The average molecular weight is 112 g/mol. The highest BCUT2D eigenvalue weighted by molar-refractivity contribution is 5.77. The summed E-state index contributed by atoms with van der Waals surface area (Å²) in [6.45, 7) is 1.94. The molecule has 2 nitrogen and oxygen atoms in total. The lowest BCUT2D eigenvalue weighted by atomic mass is 10.1. The Labute approximate surface area is 49.5 Å². The van der Waals surface area contributed by atoms with Crippen molar-refractivity contribution in [2.24, 2.45) is 0 Å². The molecule has 0 saturated carbocycles. The standard InChI is InChI=1S/C6H10NO/c1-7-5-3-2-4-6(7)8/h5H,2-4H2,1H3. The van der Waals surface area contributed by atoms with Crippen molar-refractivity contribution in [2.45, 2.75) is 19.3 Å². The number of amides is 1. The molecule has 1 saturated heterocycles. The highest BCUT2D eigenvalue weighted by atomic mass is 16.2. The third kappa shape index (κ3) is 0.997. The fourth-order valence-electron chi connectivity index (χ4n) is 0.816. The van der Waals surface area contributed by atoms with Gasteiger partial charge in [0.1, 0.15) is 0 Å². The number of carbonyl (C=O) groups is 1. The second-order valence-corrected chi connectivity index (χ2v) is 2.08. The highest BCUT2D eigenvalue weighted by Gasteiger charge is 2.12. The van der Waals surface area contributed by atoms with Gasteiger partial charge >= 0.3 is 0 Å². The van der Waals surface area contributed by atoms with Gasteiger partial charge in [-0.1, -0.05) is 0 Å². The van der Waals surface area contributed by atoms with Crippen molar-refractivity contribution in [1.82, 2.24) is 4.90 Å². The smallest absolute Gasteiger partial charge is 0.222 e. The Hall–Kier alpha value is -0.530. The first-order valence-corrected chi connectivity index (χ1v) is 2.89. The second-order valence-electron chi connectivity index (χ2n) is 2.08. The number of carbonyl (C=O) groups excluding carboxylic acids is 1. The van der Waals surface area contributed by atoms with Crippen LogP contribution in [-0.4, -0.2) is 17.9 Å². The number of hydrogen-bond acceptors (Lipinski definition) is 1. The van der Waals surface area contributed by atoms with Crippen LogP contribution in [-0.2, 0) is 4.79 Å². The van der Waals surface area contributed by atoms with Crippen molar-refractivity contribution in [1.29, 1.82) is 0 Å². The average Bonchev–Trinajstić information content (AvgIpc) is 1.77. The molecule has 0 bridgehead atoms. The normalized spacial score (nSPS) is 21.6. The molecule has 1 rings (SSSR count). The third-order valence-electron chi connectivity index (χ3n) is 1.39. The van der Waals surface area contributed by atoms with E-state index in [2.05, 4.69) is 0 Å². The van der Waals surface area contributed by atoms with Crippen molar-refractivity contribution in [2.75, 3.05) is 7.05 Å². The van der Waals surface area contributed by atoms with Crippen LogP contribution < -0.4 is 0 Å². The monoisotopic (exact) mass is 112 g/mol. The predicted molar refractivity (Wildman–Crippen MR) is 30.9 cm³/mol. The zero-order valence-electron chi connectivity index (χ0n) is 5.05. The lowest BCUT2D eigenvalue weighted by molar-refractivity contribution is -0.129. The van der Waals surface area contributed by atoms with Crippen molar-refractivity contribution >= 4 is 5.91 Å². The van der Waals surface area contributed by atoms with Gasteiger partial charge in [0.2, 0.25) is 5.91 Å². The van der Waals surface area contributed by atoms with Crippen LogP contribution in [0.2, 0.25) is 0 Å². The third-order valence-corrected chi connectivity index (χ3v) is 1.39. The summed E-state index contributed by atoms with van der Waals surface area (Å²) in [6, 6.07) is 0. The number of hydrogen-bond donors (Lipinski definition) is 0. The fraction of sp³-hybridized carbons (Fsp3) is 0.667. The Balaban J connectivity index is 2.39. The maximum absolute atomic E-state index is 10.7. The largest absolute Gasteiger partial charge is 0.341 e. The minimum Gasteiger partial charge on any atom is -0.341 e. The molecule has 8 heavy (non-hydrogen) atoms. The Bertz CT molecular complexity index is 101. The van der Waals surface area contributed by atoms with E-state index in [1.54, 1.807) is 4.90 Å². The van der Waals surface area contributed by atoms with Crippen LogP contribution in [0.4, 0.5) is 0 Å². The summed E-state index contributed by atoms with van der Waals surface area (Å²) in [6.07, 6.45) is 2.82. The molecule has 1 radical (unpaired) electrons. The van der Waals surface area contributed by atoms with E-state index in [0.29, 0.717) is 0 Å². The Morgan fingerprint density at radius 3 is 2.88 bits per heavy atom.